The number of hydrogen-bond donors (Lipinski definition) is 6. The molecule has 0 bridgehead atoms. The van der Waals surface area contributed by atoms with Gasteiger partial charge in [0.15, 0.2) is 0 Å². The van der Waals surface area contributed by atoms with Gasteiger partial charge in [0.05, 0.1) is 0 Å². The topological polar surface area (TPSA) is 160 Å². The lowest BCUT2D eigenvalue weighted by Gasteiger charge is -2.32. The second-order valence-electron chi connectivity index (χ2n) is 7.29. The minimum Gasteiger partial charge on any atom is -0.352 e. The molecule has 2 aromatic rings. The van der Waals surface area contributed by atoms with E-state index in [0.717, 1.165) is 12.5 Å². The van der Waals surface area contributed by atoms with Gasteiger partial charge in [-0.1, -0.05) is 24.0 Å². The number of hydrogen-bond acceptors (Lipinski definition) is 5. The molecule has 11 heteroatoms. The van der Waals surface area contributed by atoms with Gasteiger partial charge in [-0.3, -0.25) is 14.8 Å². The molecule has 0 aliphatic rings. The van der Waals surface area contributed by atoms with E-state index in [9.17, 15) is 23.2 Å². The summed E-state index contributed by atoms with van der Waals surface area (Å²) in [6, 6.07) is 10.5. The molecule has 0 spiro atoms. The Morgan fingerprint density at radius 2 is 1.55 bits per heavy atom. The van der Waals surface area contributed by atoms with Gasteiger partial charge in [0, 0.05) is 23.2 Å². The summed E-state index contributed by atoms with van der Waals surface area (Å²) in [5, 5.41) is 13.4. The first-order chi connectivity index (χ1) is 15.5. The molecule has 0 saturated carbocycles. The van der Waals surface area contributed by atoms with Crippen molar-refractivity contribution >= 4 is 17.8 Å². The molecule has 0 saturated heterocycles. The summed E-state index contributed by atoms with van der Waals surface area (Å²) < 4.78 is 26.4. The maximum absolute atomic E-state index is 13.2. The maximum Gasteiger partial charge on any atom is 0.312 e. The lowest BCUT2D eigenvalue weighted by molar-refractivity contribution is -0.134. The summed E-state index contributed by atoms with van der Waals surface area (Å²) in [6.07, 6.45) is -3.15. The van der Waals surface area contributed by atoms with Gasteiger partial charge in [0.2, 0.25) is 0 Å². The van der Waals surface area contributed by atoms with Crippen molar-refractivity contribution in [1.82, 2.24) is 16.1 Å². The third-order valence-corrected chi connectivity index (χ3v) is 4.66. The molecule has 4 amide bonds. The second kappa shape index (κ2) is 11.0. The minimum atomic E-state index is -3.15. The Balaban J connectivity index is 2.08. The number of urea groups is 1. The summed E-state index contributed by atoms with van der Waals surface area (Å²) in [7, 11) is 0. The van der Waals surface area contributed by atoms with Gasteiger partial charge in [0.1, 0.15) is 11.6 Å². The lowest BCUT2D eigenvalue weighted by atomic mass is 9.92. The van der Waals surface area contributed by atoms with Crippen LogP contribution in [-0.2, 0) is 11.3 Å². The highest BCUT2D eigenvalue weighted by Crippen LogP contribution is 2.18. The van der Waals surface area contributed by atoms with E-state index in [0.29, 0.717) is 17.7 Å². The van der Waals surface area contributed by atoms with E-state index < -0.39 is 35.9 Å². The summed E-state index contributed by atoms with van der Waals surface area (Å²) in [6.45, 7) is 1.19. The van der Waals surface area contributed by atoms with Gasteiger partial charge in [0.25, 0.3) is 18.2 Å². The number of alkyl halides is 2. The van der Waals surface area contributed by atoms with Crippen molar-refractivity contribution in [3.63, 3.8) is 0 Å². The average molecular weight is 459 g/mol. The van der Waals surface area contributed by atoms with Crippen LogP contribution in [0, 0.1) is 11.8 Å². The molecule has 2 aromatic carbocycles. The number of rotatable bonds is 7. The van der Waals surface area contributed by atoms with Crippen LogP contribution in [0.1, 0.15) is 34.0 Å². The molecule has 0 aliphatic carbocycles. The van der Waals surface area contributed by atoms with Gasteiger partial charge in [-0.05, 0) is 48.9 Å². The highest BCUT2D eigenvalue weighted by Gasteiger charge is 2.44. The maximum atomic E-state index is 13.2. The van der Waals surface area contributed by atoms with Crippen LogP contribution in [0.4, 0.5) is 13.6 Å². The molecule has 2 rings (SSSR count). The van der Waals surface area contributed by atoms with Crippen LogP contribution in [0.2, 0.25) is 0 Å². The zero-order chi connectivity index (χ0) is 24.6. The number of nitrogens with two attached hydrogens (primary N) is 2. The van der Waals surface area contributed by atoms with Crippen LogP contribution < -0.4 is 27.6 Å². The Morgan fingerprint density at radius 3 is 2.00 bits per heavy atom. The largest absolute Gasteiger partial charge is 0.352 e. The Hall–Kier alpha value is -4.01. The van der Waals surface area contributed by atoms with Gasteiger partial charge < -0.3 is 22.1 Å². The molecule has 8 N–H and O–H groups in total. The van der Waals surface area contributed by atoms with Crippen LogP contribution in [-0.4, -0.2) is 41.1 Å². The van der Waals surface area contributed by atoms with Crippen LogP contribution in [0.5, 0.6) is 0 Å². The molecular formula is C22H23F2N5O4. The summed E-state index contributed by atoms with van der Waals surface area (Å²) >= 11 is 0. The van der Waals surface area contributed by atoms with E-state index in [-0.39, 0.29) is 5.56 Å². The number of carbonyl (C=O) groups is 3. The molecule has 0 aromatic heterocycles. The van der Waals surface area contributed by atoms with Crippen molar-refractivity contribution in [1.29, 1.82) is 0 Å². The smallest absolute Gasteiger partial charge is 0.312 e. The zero-order valence-corrected chi connectivity index (χ0v) is 17.6. The van der Waals surface area contributed by atoms with Crippen molar-refractivity contribution in [2.24, 2.45) is 11.5 Å². The van der Waals surface area contributed by atoms with Gasteiger partial charge >= 0.3 is 6.03 Å². The predicted molar refractivity (Wildman–Crippen MR) is 115 cm³/mol. The molecular weight excluding hydrogens is 436 g/mol. The van der Waals surface area contributed by atoms with Crippen molar-refractivity contribution in [3.8, 4) is 11.8 Å². The molecule has 0 radical (unpaired) electrons. The zero-order valence-electron chi connectivity index (χ0n) is 17.6. The first-order valence-corrected chi connectivity index (χ1v) is 9.60. The van der Waals surface area contributed by atoms with Gasteiger partial charge in [-0.25, -0.2) is 19.1 Å². The molecule has 0 fully saturated rings. The van der Waals surface area contributed by atoms with Crippen LogP contribution >= 0.6 is 0 Å². The third kappa shape index (κ3) is 6.99. The van der Waals surface area contributed by atoms with E-state index >= 15 is 0 Å². The molecule has 33 heavy (non-hydrogen) atoms. The van der Waals surface area contributed by atoms with E-state index in [1.807, 2.05) is 0 Å². The first kappa shape index (κ1) is 25.3. The summed E-state index contributed by atoms with van der Waals surface area (Å²) in [4.78, 5) is 34.9. The summed E-state index contributed by atoms with van der Waals surface area (Å²) in [5.41, 5.74) is 11.5. The lowest BCUT2D eigenvalue weighted by Crippen LogP contribution is -2.66. The fraction of sp³-hybridized carbons (Fsp3) is 0.227. The fourth-order valence-electron chi connectivity index (χ4n) is 2.65. The van der Waals surface area contributed by atoms with Crippen molar-refractivity contribution in [2.45, 2.75) is 31.5 Å². The van der Waals surface area contributed by atoms with Crippen molar-refractivity contribution in [2.75, 3.05) is 0 Å². The van der Waals surface area contributed by atoms with Gasteiger partial charge in [-0.2, -0.15) is 0 Å². The van der Waals surface area contributed by atoms with Crippen molar-refractivity contribution < 1.29 is 28.4 Å². The van der Waals surface area contributed by atoms with E-state index in [1.165, 1.54) is 17.6 Å². The molecule has 2 atom stereocenters. The second-order valence-corrected chi connectivity index (χ2v) is 7.29. The number of benzene rings is 2. The Bertz CT molecular complexity index is 1060. The Kier molecular flexibility index (Phi) is 8.44. The predicted octanol–water partition coefficient (Wildman–Crippen LogP) is 0.841. The first-order valence-electron chi connectivity index (χ1n) is 9.60. The van der Waals surface area contributed by atoms with Gasteiger partial charge in [-0.15, -0.1) is 0 Å². The average Bonchev–Trinajstić information content (AvgIpc) is 2.79. The minimum absolute atomic E-state index is 0.0765. The molecule has 174 valence electrons. The quantitative estimate of drug-likeness (QED) is 0.205. The van der Waals surface area contributed by atoms with Crippen LogP contribution in [0.3, 0.4) is 0 Å². The van der Waals surface area contributed by atoms with E-state index in [2.05, 4.69) is 22.5 Å². The van der Waals surface area contributed by atoms with E-state index in [4.69, 9.17) is 16.7 Å². The Labute approximate surface area is 188 Å². The van der Waals surface area contributed by atoms with Crippen LogP contribution in [0.25, 0.3) is 0 Å². The number of halogens is 2. The number of primary amides is 1. The normalized spacial score (nSPS) is 13.2. The number of hydroxylamine groups is 1. The molecule has 1 unspecified atom stereocenters. The fourth-order valence-corrected chi connectivity index (χ4v) is 2.65. The van der Waals surface area contributed by atoms with E-state index in [1.54, 1.807) is 36.4 Å². The number of nitrogens with one attached hydrogen (secondary N) is 3. The van der Waals surface area contributed by atoms with Crippen molar-refractivity contribution in [3.05, 3.63) is 70.8 Å². The highest BCUT2D eigenvalue weighted by atomic mass is 19.3. The molecule has 0 heterocycles. The summed E-state index contributed by atoms with van der Waals surface area (Å²) in [5.74, 6) is 3.76. The monoisotopic (exact) mass is 459 g/mol. The number of carbonyl (C=O) groups excluding carboxylic acids is 3. The standard InChI is InChI=1S/C22H23F2N5O4/c1-22(26,20(23)24)17(19(31)29-33)28-18(30)16-10-8-14(9-11-16)3-2-13-4-6-15(7-5-13)12-27-21(25)32/h4-11,17,20,33H,12,26H2,1H3,(H,28,30)(H,29,31)(H3,25,27,32)/t17-,22?/m1/s1. The number of amides is 4. The SMILES string of the molecule is CC(N)(C(F)F)[C@H](NC(=O)c1ccc(C#Cc2ccc(CNC(N)=O)cc2)cc1)C(=O)NO. The molecule has 9 nitrogen and oxygen atoms in total. The molecule has 0 aliphatic heterocycles. The highest BCUT2D eigenvalue weighted by molar-refractivity contribution is 5.98. The van der Waals surface area contributed by atoms with Crippen LogP contribution in [0.15, 0.2) is 48.5 Å². The Morgan fingerprint density at radius 1 is 1.03 bits per heavy atom. The third-order valence-electron chi connectivity index (χ3n) is 4.66.